The van der Waals surface area contributed by atoms with Crippen LogP contribution in [0.3, 0.4) is 0 Å². The zero-order chi connectivity index (χ0) is 25.0. The zero-order valence-corrected chi connectivity index (χ0v) is 20.5. The van der Waals surface area contributed by atoms with Gasteiger partial charge in [0, 0.05) is 6.92 Å². The first-order valence-corrected chi connectivity index (χ1v) is 14.2. The molecule has 2 aromatic carbocycles. The fourth-order valence-electron chi connectivity index (χ4n) is 3.57. The first kappa shape index (κ1) is 26.6. The summed E-state index contributed by atoms with van der Waals surface area (Å²) in [7, 11) is -8.38. The van der Waals surface area contributed by atoms with Crippen LogP contribution in [0.5, 0.6) is 5.75 Å². The predicted octanol–water partition coefficient (Wildman–Crippen LogP) is 2.35. The van der Waals surface area contributed by atoms with Crippen molar-refractivity contribution in [2.75, 3.05) is 32.1 Å². The van der Waals surface area contributed by atoms with E-state index in [-0.39, 0.29) is 45.0 Å². The molecule has 34 heavy (non-hydrogen) atoms. The quantitative estimate of drug-likeness (QED) is 0.284. The molecule has 3 rings (SSSR count). The number of aliphatic imine (C=N–C) groups is 1. The Morgan fingerprint density at radius 3 is 1.94 bits per heavy atom. The van der Waals surface area contributed by atoms with Gasteiger partial charge in [0.2, 0.25) is 0 Å². The van der Waals surface area contributed by atoms with Crippen LogP contribution in [0.15, 0.2) is 47.5 Å². The molecular weight excluding hydrogens is 484 g/mol. The summed E-state index contributed by atoms with van der Waals surface area (Å²) in [5.41, 5.74) is 2.07. The van der Waals surface area contributed by atoms with Gasteiger partial charge < -0.3 is 34.2 Å². The molecule has 0 amide bonds. The SMILES string of the molecule is CC1=NC(CO)(COc2ccc(-c3cc(CCP(=O)(O)O)cc(CCP(=O)(O)O)c3)cc2)CO1. The van der Waals surface area contributed by atoms with E-state index >= 15 is 0 Å². The molecular formula is C22H29NO9P2. The average Bonchev–Trinajstić information content (AvgIpc) is 3.15. The number of hydrogen-bond donors (Lipinski definition) is 5. The maximum atomic E-state index is 11.3. The fraction of sp³-hybridized carbons (Fsp3) is 0.409. The minimum atomic E-state index is -4.19. The Kier molecular flexibility index (Phi) is 8.37. The minimum Gasteiger partial charge on any atom is -0.491 e. The van der Waals surface area contributed by atoms with E-state index in [0.29, 0.717) is 22.8 Å². The molecule has 12 heteroatoms. The number of aliphatic hydroxyl groups is 1. The molecule has 0 saturated carbocycles. The molecule has 0 aliphatic carbocycles. The van der Waals surface area contributed by atoms with E-state index in [1.807, 2.05) is 12.1 Å². The standard InChI is InChI=1S/C22H29NO9P2/c1-16-23-22(13-24,14-31-16)15-32-21-4-2-19(3-5-21)20-11-17(6-8-33(25,26)27)10-18(12-20)7-9-34(28,29)30/h2-5,10-12,24H,6-9,13-15H2,1H3,(H2,25,26,27)(H2,28,29,30). The number of benzene rings is 2. The van der Waals surface area contributed by atoms with Crippen molar-refractivity contribution in [2.45, 2.75) is 25.3 Å². The lowest BCUT2D eigenvalue weighted by molar-refractivity contribution is 0.107. The van der Waals surface area contributed by atoms with Gasteiger partial charge in [-0.3, -0.25) is 9.13 Å². The molecule has 10 nitrogen and oxygen atoms in total. The third kappa shape index (κ3) is 8.03. The van der Waals surface area contributed by atoms with Crippen LogP contribution < -0.4 is 4.74 Å². The molecule has 0 spiro atoms. The maximum Gasteiger partial charge on any atom is 0.325 e. The van der Waals surface area contributed by atoms with E-state index in [1.54, 1.807) is 37.3 Å². The van der Waals surface area contributed by atoms with Crippen LogP contribution in [0.4, 0.5) is 0 Å². The highest BCUT2D eigenvalue weighted by molar-refractivity contribution is 7.52. The average molecular weight is 513 g/mol. The normalized spacial score (nSPS) is 18.5. The molecule has 0 bridgehead atoms. The molecule has 2 aromatic rings. The number of nitrogens with zero attached hydrogens (tertiary/aromatic N) is 1. The minimum absolute atomic E-state index is 0.132. The van der Waals surface area contributed by atoms with Crippen LogP contribution in [-0.2, 0) is 26.7 Å². The Bertz CT molecular complexity index is 1080. The van der Waals surface area contributed by atoms with Crippen molar-refractivity contribution in [3.63, 3.8) is 0 Å². The van der Waals surface area contributed by atoms with E-state index in [2.05, 4.69) is 4.99 Å². The van der Waals surface area contributed by atoms with Gasteiger partial charge in [-0.05, 0) is 47.2 Å². The van der Waals surface area contributed by atoms with E-state index in [0.717, 1.165) is 11.1 Å². The molecule has 1 aliphatic heterocycles. The summed E-state index contributed by atoms with van der Waals surface area (Å²) in [5, 5.41) is 9.68. The molecule has 1 aliphatic rings. The molecule has 1 heterocycles. The second kappa shape index (κ2) is 10.7. The van der Waals surface area contributed by atoms with Crippen molar-refractivity contribution in [2.24, 2.45) is 4.99 Å². The van der Waals surface area contributed by atoms with Gasteiger partial charge in [-0.25, -0.2) is 4.99 Å². The Labute approximate surface area is 197 Å². The van der Waals surface area contributed by atoms with Gasteiger partial charge in [0.05, 0.1) is 18.9 Å². The molecule has 5 N–H and O–H groups in total. The van der Waals surface area contributed by atoms with Crippen LogP contribution in [0, 0.1) is 0 Å². The molecule has 0 fully saturated rings. The lowest BCUT2D eigenvalue weighted by atomic mass is 9.97. The molecule has 186 valence electrons. The van der Waals surface area contributed by atoms with E-state index in [9.17, 15) is 33.8 Å². The first-order valence-electron chi connectivity index (χ1n) is 10.6. The summed E-state index contributed by atoms with van der Waals surface area (Å²) in [5.74, 6) is 1.07. The number of aryl methyl sites for hydroxylation is 2. The van der Waals surface area contributed by atoms with Gasteiger partial charge in [-0.2, -0.15) is 0 Å². The highest BCUT2D eigenvalue weighted by Gasteiger charge is 2.36. The number of hydrogen-bond acceptors (Lipinski definition) is 6. The number of ether oxygens (including phenoxy) is 2. The van der Waals surface area contributed by atoms with Crippen LogP contribution >= 0.6 is 15.2 Å². The summed E-state index contributed by atoms with van der Waals surface area (Å²) < 4.78 is 33.8. The van der Waals surface area contributed by atoms with Crippen molar-refractivity contribution in [3.05, 3.63) is 53.6 Å². The van der Waals surface area contributed by atoms with Gasteiger partial charge in [-0.15, -0.1) is 0 Å². The van der Waals surface area contributed by atoms with Crippen LogP contribution in [-0.4, -0.2) is 68.3 Å². The monoisotopic (exact) mass is 513 g/mol. The van der Waals surface area contributed by atoms with Crippen LogP contribution in [0.2, 0.25) is 0 Å². The second-order valence-corrected chi connectivity index (χ2v) is 12.0. The summed E-state index contributed by atoms with van der Waals surface area (Å²) in [6.07, 6.45) is -0.375. The molecule has 0 aromatic heterocycles. The van der Waals surface area contributed by atoms with Crippen molar-refractivity contribution in [3.8, 4) is 16.9 Å². The van der Waals surface area contributed by atoms with E-state index in [4.69, 9.17) is 9.47 Å². The number of rotatable bonds is 11. The molecule has 0 saturated heterocycles. The smallest absolute Gasteiger partial charge is 0.325 e. The van der Waals surface area contributed by atoms with Gasteiger partial charge in [0.15, 0.2) is 11.4 Å². The van der Waals surface area contributed by atoms with Gasteiger partial charge in [0.1, 0.15) is 19.0 Å². The summed E-state index contributed by atoms with van der Waals surface area (Å²) in [6, 6.07) is 12.5. The third-order valence-electron chi connectivity index (χ3n) is 5.37. The first-order chi connectivity index (χ1) is 15.9. The lowest BCUT2D eigenvalue weighted by Crippen LogP contribution is -2.39. The molecule has 1 atom stereocenters. The Morgan fingerprint density at radius 2 is 1.50 bits per heavy atom. The van der Waals surface area contributed by atoms with Crippen molar-refractivity contribution in [1.82, 2.24) is 0 Å². The van der Waals surface area contributed by atoms with E-state index in [1.165, 1.54) is 0 Å². The summed E-state index contributed by atoms with van der Waals surface area (Å²) in [4.78, 5) is 41.2. The lowest BCUT2D eigenvalue weighted by Gasteiger charge is -2.21. The summed E-state index contributed by atoms with van der Waals surface area (Å²) in [6.45, 7) is 1.90. The van der Waals surface area contributed by atoms with Gasteiger partial charge >= 0.3 is 15.2 Å². The Morgan fingerprint density at radius 1 is 0.941 bits per heavy atom. The third-order valence-corrected chi connectivity index (χ3v) is 6.98. The van der Waals surface area contributed by atoms with Crippen molar-refractivity contribution in [1.29, 1.82) is 0 Å². The largest absolute Gasteiger partial charge is 0.491 e. The van der Waals surface area contributed by atoms with Crippen molar-refractivity contribution >= 4 is 21.1 Å². The second-order valence-electron chi connectivity index (χ2n) is 8.43. The predicted molar refractivity (Wildman–Crippen MR) is 127 cm³/mol. The van der Waals surface area contributed by atoms with Crippen molar-refractivity contribution < 1.29 is 43.3 Å². The highest BCUT2D eigenvalue weighted by Crippen LogP contribution is 2.37. The number of aliphatic hydroxyl groups excluding tert-OH is 1. The van der Waals surface area contributed by atoms with E-state index < -0.39 is 20.7 Å². The summed E-state index contributed by atoms with van der Waals surface area (Å²) >= 11 is 0. The maximum absolute atomic E-state index is 11.3. The van der Waals surface area contributed by atoms with Crippen LogP contribution in [0.25, 0.3) is 11.1 Å². The molecule has 0 radical (unpaired) electrons. The fourth-order valence-corrected chi connectivity index (χ4v) is 4.67. The highest BCUT2D eigenvalue weighted by atomic mass is 31.2. The van der Waals surface area contributed by atoms with Gasteiger partial charge in [0.25, 0.3) is 0 Å². The molecule has 1 unspecified atom stereocenters. The Balaban J connectivity index is 1.78. The Hall–Kier alpha value is -2.03. The topological polar surface area (TPSA) is 166 Å². The van der Waals surface area contributed by atoms with Crippen LogP contribution in [0.1, 0.15) is 18.1 Å². The van der Waals surface area contributed by atoms with Gasteiger partial charge in [-0.1, -0.05) is 30.3 Å². The zero-order valence-electron chi connectivity index (χ0n) is 18.7.